The Hall–Kier alpha value is -1.81. The van der Waals surface area contributed by atoms with E-state index in [1.54, 1.807) is 37.4 Å². The molecule has 0 aliphatic heterocycles. The van der Waals surface area contributed by atoms with Gasteiger partial charge in [0.05, 0.1) is 26.7 Å². The molecule has 0 saturated heterocycles. The van der Waals surface area contributed by atoms with Gasteiger partial charge in [-0.05, 0) is 36.8 Å². The molecule has 0 radical (unpaired) electrons. The lowest BCUT2D eigenvalue weighted by Crippen LogP contribution is -2.42. The largest absolute Gasteiger partial charge is 0.497 e. The highest BCUT2D eigenvalue weighted by molar-refractivity contribution is 14.0. The van der Waals surface area contributed by atoms with Crippen molar-refractivity contribution in [3.63, 3.8) is 0 Å². The summed E-state index contributed by atoms with van der Waals surface area (Å²) in [6, 6.07) is 12.0. The van der Waals surface area contributed by atoms with Crippen LogP contribution in [0.5, 0.6) is 5.75 Å². The van der Waals surface area contributed by atoms with Gasteiger partial charge in [-0.1, -0.05) is 12.1 Å². The lowest BCUT2D eigenvalue weighted by atomic mass is 10.2. The molecule has 0 atom stereocenters. The summed E-state index contributed by atoms with van der Waals surface area (Å²) in [6.45, 7) is 3.47. The fraction of sp³-hybridized carbons (Fsp3) is 0.368. The van der Waals surface area contributed by atoms with E-state index in [4.69, 9.17) is 4.74 Å². The van der Waals surface area contributed by atoms with E-state index < -0.39 is 0 Å². The van der Waals surface area contributed by atoms with Crippen LogP contribution < -0.4 is 15.4 Å². The molecule has 0 spiro atoms. The minimum absolute atomic E-state index is 0. The van der Waals surface area contributed by atoms with Gasteiger partial charge < -0.3 is 20.3 Å². The standard InChI is InChI=1S/C19H26N4O2S.HI/c1-14-5-10-17(26-14)12-21-19(22-13-18(24)23(2)3)20-11-15-6-8-16(25-4)9-7-15;/h5-10H,11-13H2,1-4H3,(H2,20,21,22);1H. The van der Waals surface area contributed by atoms with Crippen LogP contribution in [-0.4, -0.2) is 44.5 Å². The van der Waals surface area contributed by atoms with Gasteiger partial charge in [-0.25, -0.2) is 4.99 Å². The molecule has 1 heterocycles. The number of rotatable bonds is 7. The van der Waals surface area contributed by atoms with E-state index >= 15 is 0 Å². The van der Waals surface area contributed by atoms with Crippen molar-refractivity contribution in [1.82, 2.24) is 15.5 Å². The van der Waals surface area contributed by atoms with Crippen molar-refractivity contribution < 1.29 is 9.53 Å². The quantitative estimate of drug-likeness (QED) is 0.347. The normalized spacial score (nSPS) is 10.7. The van der Waals surface area contributed by atoms with Gasteiger partial charge in [0.2, 0.25) is 5.91 Å². The second kappa shape index (κ2) is 11.8. The van der Waals surface area contributed by atoms with Crippen LogP contribution in [0.4, 0.5) is 0 Å². The van der Waals surface area contributed by atoms with Crippen LogP contribution in [0, 0.1) is 6.92 Å². The summed E-state index contributed by atoms with van der Waals surface area (Å²) in [5.41, 5.74) is 1.07. The summed E-state index contributed by atoms with van der Waals surface area (Å²) in [7, 11) is 5.12. The maximum Gasteiger partial charge on any atom is 0.241 e. The molecule has 2 aromatic rings. The number of benzene rings is 1. The van der Waals surface area contributed by atoms with Gasteiger partial charge in [0, 0.05) is 23.8 Å². The molecule has 0 aliphatic rings. The van der Waals surface area contributed by atoms with Crippen LogP contribution in [0.2, 0.25) is 0 Å². The number of halogens is 1. The summed E-state index contributed by atoms with van der Waals surface area (Å²) >= 11 is 1.74. The van der Waals surface area contributed by atoms with Crippen molar-refractivity contribution in [3.8, 4) is 5.75 Å². The van der Waals surface area contributed by atoms with Gasteiger partial charge in [0.1, 0.15) is 5.75 Å². The number of likely N-dealkylation sites (N-methyl/N-ethyl adjacent to an activating group) is 1. The minimum Gasteiger partial charge on any atom is -0.497 e. The molecule has 0 unspecified atom stereocenters. The summed E-state index contributed by atoms with van der Waals surface area (Å²) in [5.74, 6) is 1.43. The van der Waals surface area contributed by atoms with E-state index in [1.807, 2.05) is 24.3 Å². The van der Waals surface area contributed by atoms with Crippen LogP contribution in [0.25, 0.3) is 0 Å². The Bertz CT molecular complexity index is 744. The summed E-state index contributed by atoms with van der Waals surface area (Å²) in [6.07, 6.45) is 0. The predicted molar refractivity (Wildman–Crippen MR) is 122 cm³/mol. The molecule has 0 aliphatic carbocycles. The van der Waals surface area contributed by atoms with Crippen LogP contribution in [0.15, 0.2) is 41.4 Å². The molecule has 0 saturated carbocycles. The van der Waals surface area contributed by atoms with Crippen LogP contribution in [0.3, 0.4) is 0 Å². The molecular formula is C19H27IN4O2S. The van der Waals surface area contributed by atoms with Crippen molar-refractivity contribution in [2.45, 2.75) is 20.0 Å². The number of carbonyl (C=O) groups is 1. The van der Waals surface area contributed by atoms with Gasteiger partial charge in [0.15, 0.2) is 5.96 Å². The van der Waals surface area contributed by atoms with Gasteiger partial charge in [0.25, 0.3) is 0 Å². The Morgan fingerprint density at radius 1 is 1.15 bits per heavy atom. The number of amides is 1. The maximum atomic E-state index is 11.8. The van der Waals surface area contributed by atoms with E-state index in [-0.39, 0.29) is 36.4 Å². The first-order valence-corrected chi connectivity index (χ1v) is 9.20. The number of methoxy groups -OCH3 is 1. The Kier molecular flexibility index (Phi) is 10.2. The molecule has 2 rings (SSSR count). The molecule has 1 aromatic heterocycles. The summed E-state index contributed by atoms with van der Waals surface area (Å²) < 4.78 is 5.17. The fourth-order valence-corrected chi connectivity index (χ4v) is 2.97. The highest BCUT2D eigenvalue weighted by Gasteiger charge is 2.06. The second-order valence-electron chi connectivity index (χ2n) is 6.02. The van der Waals surface area contributed by atoms with Crippen molar-refractivity contribution in [1.29, 1.82) is 0 Å². The minimum atomic E-state index is -0.00378. The number of thiophene rings is 1. The van der Waals surface area contributed by atoms with Gasteiger partial charge in [-0.2, -0.15) is 0 Å². The Balaban J connectivity index is 0.00000364. The van der Waals surface area contributed by atoms with Gasteiger partial charge >= 0.3 is 0 Å². The zero-order chi connectivity index (χ0) is 18.9. The third-order valence-corrected chi connectivity index (χ3v) is 4.71. The van der Waals surface area contributed by atoms with Crippen LogP contribution in [0.1, 0.15) is 15.3 Å². The van der Waals surface area contributed by atoms with Crippen LogP contribution >= 0.6 is 35.3 Å². The lowest BCUT2D eigenvalue weighted by Gasteiger charge is -2.14. The highest BCUT2D eigenvalue weighted by Crippen LogP contribution is 2.14. The van der Waals surface area contributed by atoms with Crippen LogP contribution in [-0.2, 0) is 17.9 Å². The first-order valence-electron chi connectivity index (χ1n) is 8.38. The fourth-order valence-electron chi connectivity index (χ4n) is 2.14. The van der Waals surface area contributed by atoms with E-state index in [0.29, 0.717) is 19.0 Å². The lowest BCUT2D eigenvalue weighted by molar-refractivity contribution is -0.127. The van der Waals surface area contributed by atoms with E-state index in [9.17, 15) is 4.79 Å². The zero-order valence-corrected chi connectivity index (χ0v) is 19.3. The number of nitrogens with one attached hydrogen (secondary N) is 2. The molecule has 0 bridgehead atoms. The number of aryl methyl sites for hydroxylation is 1. The first-order chi connectivity index (χ1) is 12.5. The number of aliphatic imine (C=N–C) groups is 1. The zero-order valence-electron chi connectivity index (χ0n) is 16.1. The average Bonchev–Trinajstić information content (AvgIpc) is 3.06. The van der Waals surface area contributed by atoms with E-state index in [1.165, 1.54) is 9.75 Å². The smallest absolute Gasteiger partial charge is 0.241 e. The van der Waals surface area contributed by atoms with Crippen molar-refractivity contribution in [2.75, 3.05) is 27.7 Å². The molecule has 27 heavy (non-hydrogen) atoms. The average molecular weight is 502 g/mol. The van der Waals surface area contributed by atoms with E-state index in [2.05, 4.69) is 34.7 Å². The SMILES string of the molecule is COc1ccc(CN=C(NCC(=O)N(C)C)NCc2ccc(C)s2)cc1.I. The summed E-state index contributed by atoms with van der Waals surface area (Å²) in [5, 5.41) is 6.39. The molecule has 148 valence electrons. The molecule has 2 N–H and O–H groups in total. The Morgan fingerprint density at radius 3 is 2.41 bits per heavy atom. The molecule has 8 heteroatoms. The van der Waals surface area contributed by atoms with Crippen molar-refractivity contribution >= 4 is 47.2 Å². The first kappa shape index (κ1) is 23.2. The number of ether oxygens (including phenoxy) is 1. The number of hydrogen-bond acceptors (Lipinski definition) is 4. The van der Waals surface area contributed by atoms with Gasteiger partial charge in [-0.15, -0.1) is 35.3 Å². The van der Waals surface area contributed by atoms with Crippen molar-refractivity contribution in [2.24, 2.45) is 4.99 Å². The number of nitrogens with zero attached hydrogens (tertiary/aromatic N) is 2. The second-order valence-corrected chi connectivity index (χ2v) is 7.39. The monoisotopic (exact) mass is 502 g/mol. The predicted octanol–water partition coefficient (Wildman–Crippen LogP) is 3.01. The number of carbonyl (C=O) groups excluding carboxylic acids is 1. The number of guanidine groups is 1. The third kappa shape index (κ3) is 8.17. The summed E-state index contributed by atoms with van der Waals surface area (Å²) in [4.78, 5) is 20.5. The van der Waals surface area contributed by atoms with Crippen molar-refractivity contribution in [3.05, 3.63) is 51.7 Å². The Morgan fingerprint density at radius 2 is 1.85 bits per heavy atom. The highest BCUT2D eigenvalue weighted by atomic mass is 127. The maximum absolute atomic E-state index is 11.8. The topological polar surface area (TPSA) is 66.0 Å². The number of hydrogen-bond donors (Lipinski definition) is 2. The molecule has 1 amide bonds. The third-order valence-electron chi connectivity index (χ3n) is 3.71. The van der Waals surface area contributed by atoms with Gasteiger partial charge in [-0.3, -0.25) is 4.79 Å². The molecular weight excluding hydrogens is 475 g/mol. The molecule has 6 nitrogen and oxygen atoms in total. The molecule has 0 fully saturated rings. The van der Waals surface area contributed by atoms with E-state index in [0.717, 1.165) is 11.3 Å². The Labute approximate surface area is 182 Å². The molecule has 1 aromatic carbocycles.